The number of halogens is 1. The summed E-state index contributed by atoms with van der Waals surface area (Å²) in [5, 5.41) is 13.7. The summed E-state index contributed by atoms with van der Waals surface area (Å²) in [5.41, 5.74) is 11.0. The van der Waals surface area contributed by atoms with Gasteiger partial charge in [-0.25, -0.2) is 15.0 Å². The number of aromatic amines is 1. The molecule has 3 aliphatic rings. The molecule has 3 amide bonds. The van der Waals surface area contributed by atoms with Crippen LogP contribution in [0.1, 0.15) is 64.6 Å². The number of benzene rings is 2. The van der Waals surface area contributed by atoms with E-state index in [0.29, 0.717) is 75.2 Å². The number of carbonyl (C=O) groups is 3. The number of anilines is 1. The zero-order chi connectivity index (χ0) is 48.6. The third-order valence-corrected chi connectivity index (χ3v) is 16.2. The van der Waals surface area contributed by atoms with E-state index in [2.05, 4.69) is 75.3 Å². The van der Waals surface area contributed by atoms with Gasteiger partial charge in [0.05, 0.1) is 42.5 Å². The van der Waals surface area contributed by atoms with Crippen LogP contribution in [0.15, 0.2) is 84.1 Å². The highest BCUT2D eigenvalue weighted by molar-refractivity contribution is 8.00. The maximum Gasteiger partial charge on any atom is 0.284 e. The molecule has 0 aliphatic carbocycles. The topological polar surface area (TPSA) is 200 Å². The summed E-state index contributed by atoms with van der Waals surface area (Å²) in [6.07, 6.45) is 12.3. The van der Waals surface area contributed by atoms with Gasteiger partial charge in [-0.15, -0.1) is 10.2 Å². The van der Waals surface area contributed by atoms with E-state index in [1.54, 1.807) is 42.6 Å². The van der Waals surface area contributed by atoms with E-state index in [-0.39, 0.29) is 29.9 Å². The highest BCUT2D eigenvalue weighted by Crippen LogP contribution is 2.31. The lowest BCUT2D eigenvalue weighted by Gasteiger charge is -2.40. The van der Waals surface area contributed by atoms with Crippen LogP contribution in [0.25, 0.3) is 16.7 Å². The summed E-state index contributed by atoms with van der Waals surface area (Å²) in [4.78, 5) is 67.1. The number of fused-ring (bicyclic) bond motifs is 1. The Morgan fingerprint density at radius 1 is 1.00 bits per heavy atom. The second kappa shape index (κ2) is 22.7. The third-order valence-electron chi connectivity index (χ3n) is 13.9. The highest BCUT2D eigenvalue weighted by Gasteiger charge is 2.39. The molecule has 0 bridgehead atoms. The van der Waals surface area contributed by atoms with Crippen LogP contribution in [0.4, 0.5) is 5.82 Å². The van der Waals surface area contributed by atoms with Crippen molar-refractivity contribution in [1.82, 2.24) is 59.6 Å². The molecule has 3 fully saturated rings. The molecule has 9 rings (SSSR count). The molecule has 1 atom stereocenters. The van der Waals surface area contributed by atoms with Gasteiger partial charge in [0.1, 0.15) is 17.8 Å². The summed E-state index contributed by atoms with van der Waals surface area (Å²) in [7, 11) is 1.77. The van der Waals surface area contributed by atoms with Crippen LogP contribution in [0.5, 0.6) is 0 Å². The van der Waals surface area contributed by atoms with Crippen molar-refractivity contribution in [2.45, 2.75) is 66.8 Å². The number of aromatic nitrogens is 7. The number of likely N-dealkylation sites (N-methyl/N-ethyl adjacent to an activating group) is 1. The molecule has 0 spiro atoms. The lowest BCUT2D eigenvalue weighted by molar-refractivity contribution is -0.135. The minimum atomic E-state index is -1.01. The van der Waals surface area contributed by atoms with Gasteiger partial charge < -0.3 is 40.0 Å². The molecular formula is C49H61ClN14O4S2. The number of rotatable bonds is 18. The summed E-state index contributed by atoms with van der Waals surface area (Å²) in [5.74, 6) is 1.41. The second-order valence-electron chi connectivity index (χ2n) is 18.5. The van der Waals surface area contributed by atoms with Gasteiger partial charge >= 0.3 is 0 Å². The van der Waals surface area contributed by atoms with Crippen LogP contribution >= 0.6 is 34.7 Å². The van der Waals surface area contributed by atoms with E-state index in [9.17, 15) is 14.4 Å². The monoisotopic (exact) mass is 1010 g/mol. The van der Waals surface area contributed by atoms with Crippen molar-refractivity contribution in [3.63, 3.8) is 0 Å². The van der Waals surface area contributed by atoms with Crippen molar-refractivity contribution in [2.75, 3.05) is 90.5 Å². The number of nitrogens with zero attached hydrogens (tertiary/aromatic N) is 11. The Labute approximate surface area is 421 Å². The van der Waals surface area contributed by atoms with Gasteiger partial charge in [-0.1, -0.05) is 52.9 Å². The fourth-order valence-electron chi connectivity index (χ4n) is 9.36. The number of ether oxygens (including phenoxy) is 1. The zero-order valence-electron chi connectivity index (χ0n) is 39.7. The smallest absolute Gasteiger partial charge is 0.284 e. The maximum absolute atomic E-state index is 14.0. The molecule has 6 aromatic rings. The van der Waals surface area contributed by atoms with Crippen LogP contribution in [-0.4, -0.2) is 169 Å². The van der Waals surface area contributed by atoms with Crippen molar-refractivity contribution < 1.29 is 19.1 Å². The summed E-state index contributed by atoms with van der Waals surface area (Å²) >= 11 is 9.15. The normalized spacial score (nSPS) is 17.5. The number of H-pyrrole nitrogens is 1. The lowest BCUT2D eigenvalue weighted by atomic mass is 9.87. The van der Waals surface area contributed by atoms with Crippen LogP contribution in [-0.2, 0) is 20.1 Å². The molecule has 0 radical (unpaired) electrons. The van der Waals surface area contributed by atoms with Crippen molar-refractivity contribution in [3.05, 3.63) is 106 Å². The molecule has 18 nitrogen and oxygen atoms in total. The molecule has 0 unspecified atom stereocenters. The number of carbonyl (C=O) groups excluding carboxylic acids is 3. The third kappa shape index (κ3) is 12.2. The fraction of sp³-hybridized carbons (Fsp3) is 0.469. The van der Waals surface area contributed by atoms with Crippen molar-refractivity contribution in [1.29, 1.82) is 0 Å². The van der Waals surface area contributed by atoms with Crippen LogP contribution < -0.4 is 16.0 Å². The molecule has 21 heteroatoms. The van der Waals surface area contributed by atoms with Gasteiger partial charge in [0.15, 0.2) is 4.34 Å². The average Bonchev–Trinajstić information content (AvgIpc) is 4.20. The number of likely N-dealkylation sites (tertiary alicyclic amines) is 1. The molecule has 3 saturated heterocycles. The Bertz CT molecular complexity index is 2700. The van der Waals surface area contributed by atoms with Crippen LogP contribution in [0, 0.1) is 6.92 Å². The molecule has 4 N–H and O–H groups in total. The number of nitrogens with one attached hydrogen (secondary N) is 2. The first kappa shape index (κ1) is 49.5. The standard InChI is InChI=1S/C49H61ClN14O4S2/c1-34-29-38(64-22-16-52-33-64)8-5-36(34)31-69-48-58-57-45(70-48)46(66)59(2)27-28-68-39-10-17-61(18-11-39)30-42(65)62-25-23-60(24-26-62)19-12-41(35-3-6-37(50)7-4-35)56-47(67)49(51)13-20-63(21-14-49)44-40-9-15-53-43(40)54-32-55-44/h3-9,15-16,22,29,32-33,39,41H,10-14,17-21,23-28,30-31,51H2,1-2H3,(H,56,67)(H,53,54,55)/t41-/m0/s1. The number of imidazole rings is 1. The zero-order valence-corrected chi connectivity index (χ0v) is 42.1. The molecule has 370 valence electrons. The minimum absolute atomic E-state index is 0.0803. The van der Waals surface area contributed by atoms with Crippen molar-refractivity contribution in [3.8, 4) is 5.69 Å². The highest BCUT2D eigenvalue weighted by atomic mass is 35.5. The molecular weight excluding hydrogens is 948 g/mol. The Kier molecular flexibility index (Phi) is 16.1. The molecule has 70 heavy (non-hydrogen) atoms. The Morgan fingerprint density at radius 2 is 1.79 bits per heavy atom. The Hall–Kier alpha value is -5.48. The van der Waals surface area contributed by atoms with E-state index in [0.717, 1.165) is 83.8 Å². The largest absolute Gasteiger partial charge is 0.376 e. The summed E-state index contributed by atoms with van der Waals surface area (Å²) in [6.45, 7) is 9.72. The number of aryl methyl sites for hydroxylation is 1. The number of amides is 3. The number of piperidine rings is 2. The number of hydrogen-bond donors (Lipinski definition) is 3. The van der Waals surface area contributed by atoms with Gasteiger partial charge in [-0.2, -0.15) is 0 Å². The van der Waals surface area contributed by atoms with Gasteiger partial charge in [-0.3, -0.25) is 24.2 Å². The van der Waals surface area contributed by atoms with Crippen molar-refractivity contribution in [2.24, 2.45) is 5.73 Å². The maximum atomic E-state index is 14.0. The first-order valence-corrected chi connectivity index (χ1v) is 26.2. The van der Waals surface area contributed by atoms with Gasteiger partial charge in [0, 0.05) is 108 Å². The quantitative estimate of drug-likeness (QED) is 0.0951. The first-order chi connectivity index (χ1) is 34.0. The second-order valence-corrected chi connectivity index (χ2v) is 21.1. The van der Waals surface area contributed by atoms with E-state index < -0.39 is 5.54 Å². The van der Waals surface area contributed by atoms with E-state index >= 15 is 0 Å². The van der Waals surface area contributed by atoms with E-state index in [4.69, 9.17) is 22.1 Å². The molecule has 2 aromatic carbocycles. The number of piperazine rings is 1. The van der Waals surface area contributed by atoms with Crippen molar-refractivity contribution >= 4 is 69.3 Å². The SMILES string of the molecule is Cc1cc(-n2ccnc2)ccc1CSc1nnc(C(=O)N(C)CCOC2CCN(CC(=O)N3CCN(CC[C@H](NC(=O)C4(N)CCN(c5ncnc6[nH]ccc56)CC4)c4ccc(Cl)cc4)CC3)CC2)s1. The van der Waals surface area contributed by atoms with E-state index in [1.165, 1.54) is 22.5 Å². The predicted molar refractivity (Wildman–Crippen MR) is 272 cm³/mol. The average molecular weight is 1010 g/mol. The lowest BCUT2D eigenvalue weighted by Crippen LogP contribution is -2.60. The fourth-order valence-corrected chi connectivity index (χ4v) is 11.4. The van der Waals surface area contributed by atoms with Crippen LogP contribution in [0.3, 0.4) is 0 Å². The Balaban J connectivity index is 0.661. The summed E-state index contributed by atoms with van der Waals surface area (Å²) < 4.78 is 8.94. The number of thioether (sulfide) groups is 1. The van der Waals surface area contributed by atoms with Crippen LogP contribution in [0.2, 0.25) is 5.02 Å². The minimum Gasteiger partial charge on any atom is -0.376 e. The Morgan fingerprint density at radius 3 is 2.53 bits per heavy atom. The number of nitrogens with two attached hydrogens (primary N) is 1. The van der Waals surface area contributed by atoms with E-state index in [1.807, 2.05) is 52.2 Å². The predicted octanol–water partition coefficient (Wildman–Crippen LogP) is 5.19. The molecule has 7 heterocycles. The molecule has 3 aliphatic heterocycles. The molecule has 0 saturated carbocycles. The first-order valence-electron chi connectivity index (χ1n) is 24.0. The van der Waals surface area contributed by atoms with Gasteiger partial charge in [0.2, 0.25) is 16.8 Å². The summed E-state index contributed by atoms with van der Waals surface area (Å²) in [6, 6.07) is 15.7. The number of hydrogen-bond acceptors (Lipinski definition) is 15. The van der Waals surface area contributed by atoms with Gasteiger partial charge in [0.25, 0.3) is 5.91 Å². The molecule has 4 aromatic heterocycles. The van der Waals surface area contributed by atoms with Gasteiger partial charge in [-0.05, 0) is 86.1 Å².